The van der Waals surface area contributed by atoms with Gasteiger partial charge in [0.15, 0.2) is 0 Å². The molecule has 0 aliphatic carbocycles. The molecule has 0 amide bonds. The van der Waals surface area contributed by atoms with Crippen molar-refractivity contribution >= 4 is 6.08 Å². The fourth-order valence-electron chi connectivity index (χ4n) is 1.35. The Kier molecular flexibility index (Phi) is 4.62. The van der Waals surface area contributed by atoms with Crippen LogP contribution in [-0.4, -0.2) is 13.1 Å². The smallest absolute Gasteiger partial charge is 0.263 e. The van der Waals surface area contributed by atoms with E-state index < -0.39 is 6.43 Å². The lowest BCUT2D eigenvalue weighted by Crippen LogP contribution is -2.21. The largest absolute Gasteiger partial charge is 0.314 e. The van der Waals surface area contributed by atoms with E-state index in [0.717, 1.165) is 5.56 Å². The molecule has 1 N–H and O–H groups in total. The minimum atomic E-state index is -2.39. The Morgan fingerprint density at radius 3 is 2.25 bits per heavy atom. The Bertz CT molecular complexity index is 355. The molecule has 0 saturated carbocycles. The van der Waals surface area contributed by atoms with Crippen molar-refractivity contribution in [3.05, 3.63) is 41.0 Å². The number of alkyl halides is 2. The molecule has 0 bridgehead atoms. The van der Waals surface area contributed by atoms with Crippen LogP contribution in [0.25, 0.3) is 6.08 Å². The van der Waals surface area contributed by atoms with Gasteiger partial charge < -0.3 is 5.32 Å². The first kappa shape index (κ1) is 12.8. The van der Waals surface area contributed by atoms with Gasteiger partial charge in [0.2, 0.25) is 0 Å². The van der Waals surface area contributed by atoms with Crippen LogP contribution in [0.15, 0.2) is 29.8 Å². The first-order valence-electron chi connectivity index (χ1n) is 5.28. The minimum Gasteiger partial charge on any atom is -0.314 e. The Morgan fingerprint density at radius 2 is 1.81 bits per heavy atom. The van der Waals surface area contributed by atoms with Crippen LogP contribution in [-0.2, 0) is 0 Å². The molecule has 16 heavy (non-hydrogen) atoms. The van der Waals surface area contributed by atoms with Crippen molar-refractivity contribution in [3.63, 3.8) is 0 Å². The van der Waals surface area contributed by atoms with Gasteiger partial charge in [-0.05, 0) is 26.5 Å². The van der Waals surface area contributed by atoms with Crippen molar-refractivity contribution in [2.75, 3.05) is 7.05 Å². The maximum Gasteiger partial charge on any atom is 0.263 e. The lowest BCUT2D eigenvalue weighted by atomic mass is 10.1. The predicted octanol–water partition coefficient (Wildman–Crippen LogP) is 3.64. The zero-order chi connectivity index (χ0) is 12.1. The summed E-state index contributed by atoms with van der Waals surface area (Å²) in [6.07, 6.45) is -0.397. The van der Waals surface area contributed by atoms with E-state index in [4.69, 9.17) is 0 Å². The third-order valence-corrected chi connectivity index (χ3v) is 2.70. The summed E-state index contributed by atoms with van der Waals surface area (Å²) in [4.78, 5) is 0. The van der Waals surface area contributed by atoms with Crippen molar-refractivity contribution in [1.29, 1.82) is 0 Å². The molecular formula is C13H17F2N. The van der Waals surface area contributed by atoms with Gasteiger partial charge in [-0.25, -0.2) is 8.78 Å². The highest BCUT2D eigenvalue weighted by Crippen LogP contribution is 2.19. The molecule has 1 rings (SSSR count). The SMILES string of the molecule is CNC(C)/C(C)=C/c1ccc(C(F)F)cc1. The average molecular weight is 225 g/mol. The van der Waals surface area contributed by atoms with Crippen molar-refractivity contribution in [2.45, 2.75) is 26.3 Å². The van der Waals surface area contributed by atoms with Crippen LogP contribution in [0.3, 0.4) is 0 Å². The standard InChI is InChI=1S/C13H17F2N/c1-9(10(2)16-3)8-11-4-6-12(7-5-11)13(14)15/h4-8,10,13,16H,1-3H3/b9-8+. The number of hydrogen-bond acceptors (Lipinski definition) is 1. The summed E-state index contributed by atoms with van der Waals surface area (Å²) in [5.41, 5.74) is 2.19. The fourth-order valence-corrected chi connectivity index (χ4v) is 1.35. The van der Waals surface area contributed by atoms with Gasteiger partial charge in [-0.3, -0.25) is 0 Å². The van der Waals surface area contributed by atoms with E-state index in [1.54, 1.807) is 12.1 Å². The van der Waals surface area contributed by atoms with E-state index in [1.165, 1.54) is 17.7 Å². The summed E-state index contributed by atoms with van der Waals surface area (Å²) >= 11 is 0. The van der Waals surface area contributed by atoms with Crippen LogP contribution in [0.5, 0.6) is 0 Å². The lowest BCUT2D eigenvalue weighted by molar-refractivity contribution is 0.151. The summed E-state index contributed by atoms with van der Waals surface area (Å²) in [7, 11) is 1.89. The normalized spacial score (nSPS) is 14.2. The Hall–Kier alpha value is -1.22. The second-order valence-electron chi connectivity index (χ2n) is 3.87. The van der Waals surface area contributed by atoms with Crippen LogP contribution in [0.2, 0.25) is 0 Å². The monoisotopic (exact) mass is 225 g/mol. The van der Waals surface area contributed by atoms with Gasteiger partial charge in [-0.1, -0.05) is 35.9 Å². The topological polar surface area (TPSA) is 12.0 Å². The van der Waals surface area contributed by atoms with Crippen LogP contribution >= 0.6 is 0 Å². The quantitative estimate of drug-likeness (QED) is 0.825. The van der Waals surface area contributed by atoms with Gasteiger partial charge >= 0.3 is 0 Å². The molecule has 1 atom stereocenters. The molecule has 0 fully saturated rings. The van der Waals surface area contributed by atoms with Gasteiger partial charge in [-0.2, -0.15) is 0 Å². The number of halogens is 2. The van der Waals surface area contributed by atoms with E-state index in [1.807, 2.05) is 20.0 Å². The van der Waals surface area contributed by atoms with Crippen LogP contribution in [0.4, 0.5) is 8.78 Å². The number of hydrogen-bond donors (Lipinski definition) is 1. The van der Waals surface area contributed by atoms with Gasteiger partial charge in [0.05, 0.1) is 0 Å². The second-order valence-corrected chi connectivity index (χ2v) is 3.87. The maximum atomic E-state index is 12.3. The van der Waals surface area contributed by atoms with E-state index in [9.17, 15) is 8.78 Å². The molecule has 3 heteroatoms. The zero-order valence-corrected chi connectivity index (χ0v) is 9.80. The van der Waals surface area contributed by atoms with Gasteiger partial charge in [-0.15, -0.1) is 0 Å². The molecule has 0 aliphatic heterocycles. The summed E-state index contributed by atoms with van der Waals surface area (Å²) in [6.45, 7) is 4.07. The number of likely N-dealkylation sites (N-methyl/N-ethyl adjacent to an activating group) is 1. The highest BCUT2D eigenvalue weighted by Gasteiger charge is 2.05. The molecule has 0 aliphatic rings. The molecule has 0 spiro atoms. The van der Waals surface area contributed by atoms with Crippen LogP contribution in [0, 0.1) is 0 Å². The van der Waals surface area contributed by atoms with Gasteiger partial charge in [0.25, 0.3) is 6.43 Å². The first-order valence-corrected chi connectivity index (χ1v) is 5.28. The molecule has 88 valence electrons. The van der Waals surface area contributed by atoms with E-state index >= 15 is 0 Å². The molecule has 0 saturated heterocycles. The minimum absolute atomic E-state index is 0.0662. The second kappa shape index (κ2) is 5.75. The van der Waals surface area contributed by atoms with Crippen molar-refractivity contribution in [3.8, 4) is 0 Å². The Morgan fingerprint density at radius 1 is 1.25 bits per heavy atom. The predicted molar refractivity (Wildman–Crippen MR) is 63.6 cm³/mol. The number of nitrogens with one attached hydrogen (secondary N) is 1. The summed E-state index contributed by atoms with van der Waals surface area (Å²) < 4.78 is 24.6. The van der Waals surface area contributed by atoms with Gasteiger partial charge in [0.1, 0.15) is 0 Å². The third kappa shape index (κ3) is 3.42. The summed E-state index contributed by atoms with van der Waals surface area (Å²) in [5.74, 6) is 0. The van der Waals surface area contributed by atoms with Crippen molar-refractivity contribution < 1.29 is 8.78 Å². The first-order chi connectivity index (χ1) is 7.54. The summed E-state index contributed by atoms with van der Waals surface area (Å²) in [5, 5.41) is 3.13. The molecule has 1 unspecified atom stereocenters. The van der Waals surface area contributed by atoms with Crippen molar-refractivity contribution in [1.82, 2.24) is 5.32 Å². The molecule has 1 nitrogen and oxygen atoms in total. The van der Waals surface area contributed by atoms with Crippen LogP contribution < -0.4 is 5.32 Å². The molecule has 0 heterocycles. The maximum absolute atomic E-state index is 12.3. The molecule has 1 aromatic rings. The third-order valence-electron chi connectivity index (χ3n) is 2.70. The number of rotatable bonds is 4. The van der Waals surface area contributed by atoms with Crippen LogP contribution in [0.1, 0.15) is 31.4 Å². The van der Waals surface area contributed by atoms with E-state index in [0.29, 0.717) is 0 Å². The molecule has 0 radical (unpaired) electrons. The Balaban J connectivity index is 2.82. The molecule has 1 aromatic carbocycles. The lowest BCUT2D eigenvalue weighted by Gasteiger charge is -2.10. The number of benzene rings is 1. The molecule has 0 aromatic heterocycles. The fraction of sp³-hybridized carbons (Fsp3) is 0.385. The van der Waals surface area contributed by atoms with E-state index in [-0.39, 0.29) is 11.6 Å². The van der Waals surface area contributed by atoms with E-state index in [2.05, 4.69) is 12.2 Å². The Labute approximate surface area is 95.2 Å². The highest BCUT2D eigenvalue weighted by atomic mass is 19.3. The summed E-state index contributed by atoms with van der Waals surface area (Å²) in [6, 6.07) is 6.65. The highest BCUT2D eigenvalue weighted by molar-refractivity contribution is 5.53. The van der Waals surface area contributed by atoms with Crippen molar-refractivity contribution in [2.24, 2.45) is 0 Å². The molecular weight excluding hydrogens is 208 g/mol. The van der Waals surface area contributed by atoms with Gasteiger partial charge in [0, 0.05) is 11.6 Å². The zero-order valence-electron chi connectivity index (χ0n) is 9.80. The average Bonchev–Trinajstić information content (AvgIpc) is 2.28.